The summed E-state index contributed by atoms with van der Waals surface area (Å²) >= 11 is 0. The van der Waals surface area contributed by atoms with Crippen molar-refractivity contribution in [3.8, 4) is 0 Å². The summed E-state index contributed by atoms with van der Waals surface area (Å²) in [5.41, 5.74) is 4.38. The molecule has 3 heteroatoms. The summed E-state index contributed by atoms with van der Waals surface area (Å²) in [6.07, 6.45) is 7.80. The molecule has 140 valence electrons. The smallest absolute Gasteiger partial charge is 0.225 e. The third-order valence-electron chi connectivity index (χ3n) is 7.40. The number of aryl methyl sites for hydroxylation is 1. The number of hydrogen-bond acceptors (Lipinski definition) is 2. The number of rotatable bonds is 4. The number of aliphatic hydroxyl groups is 1. The van der Waals surface area contributed by atoms with Crippen molar-refractivity contribution < 1.29 is 9.90 Å². The van der Waals surface area contributed by atoms with Crippen LogP contribution in [0.1, 0.15) is 68.1 Å². The largest absolute Gasteiger partial charge is 0.390 e. The molecule has 4 aliphatic rings. The van der Waals surface area contributed by atoms with Crippen molar-refractivity contribution in [1.82, 2.24) is 4.90 Å². The van der Waals surface area contributed by atoms with Crippen LogP contribution in [0.15, 0.2) is 18.2 Å². The monoisotopic (exact) mass is 353 g/mol. The van der Waals surface area contributed by atoms with Crippen molar-refractivity contribution in [3.05, 3.63) is 34.9 Å². The number of amides is 1. The van der Waals surface area contributed by atoms with E-state index in [1.807, 2.05) is 11.8 Å². The van der Waals surface area contributed by atoms with E-state index >= 15 is 0 Å². The van der Waals surface area contributed by atoms with Gasteiger partial charge in [0.2, 0.25) is 5.91 Å². The van der Waals surface area contributed by atoms with Gasteiger partial charge in [-0.05, 0) is 87.3 Å². The van der Waals surface area contributed by atoms with E-state index in [-0.39, 0.29) is 11.8 Å². The van der Waals surface area contributed by atoms with E-state index in [4.69, 9.17) is 0 Å². The minimum Gasteiger partial charge on any atom is -0.390 e. The van der Waals surface area contributed by atoms with Crippen molar-refractivity contribution in [2.75, 3.05) is 13.1 Å². The lowest BCUT2D eigenvalue weighted by atomic mass is 9.56. The Labute approximate surface area is 156 Å². The van der Waals surface area contributed by atoms with E-state index in [0.29, 0.717) is 18.3 Å². The molecule has 0 radical (unpaired) electrons. The van der Waals surface area contributed by atoms with Crippen LogP contribution >= 0.6 is 0 Å². The van der Waals surface area contributed by atoms with Gasteiger partial charge in [-0.2, -0.15) is 0 Å². The molecule has 1 aromatic rings. The van der Waals surface area contributed by atoms with Gasteiger partial charge in [-0.3, -0.25) is 4.79 Å². The summed E-state index contributed by atoms with van der Waals surface area (Å²) in [6, 6.07) is 7.14. The molecule has 5 rings (SSSR count). The number of hydrogen-bond donors (Lipinski definition) is 1. The highest BCUT2D eigenvalue weighted by molar-refractivity contribution is 5.81. The Balaban J connectivity index is 1.10. The minimum atomic E-state index is -0.600. The molecule has 3 nitrogen and oxygen atoms in total. The molecule has 1 heterocycles. The van der Waals surface area contributed by atoms with E-state index < -0.39 is 5.60 Å². The molecule has 1 amide bonds. The second kappa shape index (κ2) is 5.58. The number of carbonyl (C=O) groups excluding carboxylic acids is 1. The molecule has 3 aliphatic carbocycles. The van der Waals surface area contributed by atoms with Crippen LogP contribution in [0, 0.1) is 24.2 Å². The number of likely N-dealkylation sites (tertiary alicyclic amines) is 1. The van der Waals surface area contributed by atoms with Gasteiger partial charge in [-0.25, -0.2) is 0 Å². The summed E-state index contributed by atoms with van der Waals surface area (Å²) in [5.74, 6) is 2.00. The standard InChI is InChI=1S/C23H31NO2/c1-15-7-16(3-6-20(15)18-4-5-18)8-17-9-23(10-17)13-24(14-23)21(25)19-11-22(2,26)12-19/h3,6-7,17-19,26H,4-5,8-14H2,1-2H3. The zero-order chi connectivity index (χ0) is 18.1. The zero-order valence-corrected chi connectivity index (χ0v) is 16.1. The Morgan fingerprint density at radius 1 is 1.19 bits per heavy atom. The zero-order valence-electron chi connectivity index (χ0n) is 16.1. The maximum Gasteiger partial charge on any atom is 0.225 e. The van der Waals surface area contributed by atoms with Gasteiger partial charge >= 0.3 is 0 Å². The van der Waals surface area contributed by atoms with E-state index in [2.05, 4.69) is 25.1 Å². The van der Waals surface area contributed by atoms with Crippen LogP contribution in [0.3, 0.4) is 0 Å². The normalized spacial score (nSPS) is 32.7. The fraction of sp³-hybridized carbons (Fsp3) is 0.696. The van der Waals surface area contributed by atoms with E-state index in [0.717, 1.165) is 24.9 Å². The van der Waals surface area contributed by atoms with E-state index in [9.17, 15) is 9.90 Å². The third-order valence-corrected chi connectivity index (χ3v) is 7.40. The molecule has 1 aromatic carbocycles. The molecule has 26 heavy (non-hydrogen) atoms. The third kappa shape index (κ3) is 2.89. The Hall–Kier alpha value is -1.35. The first-order valence-electron chi connectivity index (χ1n) is 10.4. The quantitative estimate of drug-likeness (QED) is 0.894. The second-order valence-electron chi connectivity index (χ2n) is 10.2. The van der Waals surface area contributed by atoms with Crippen LogP contribution in [0.25, 0.3) is 0 Å². The summed E-state index contributed by atoms with van der Waals surface area (Å²) < 4.78 is 0. The number of carbonyl (C=O) groups is 1. The molecule has 1 spiro atoms. The lowest BCUT2D eigenvalue weighted by molar-refractivity contribution is -0.171. The van der Waals surface area contributed by atoms with Gasteiger partial charge < -0.3 is 10.0 Å². The summed E-state index contributed by atoms with van der Waals surface area (Å²) in [4.78, 5) is 14.5. The number of benzene rings is 1. The predicted octanol–water partition coefficient (Wildman–Crippen LogP) is 3.81. The van der Waals surface area contributed by atoms with Crippen molar-refractivity contribution in [2.24, 2.45) is 17.3 Å². The SMILES string of the molecule is Cc1cc(CC2CC3(C2)CN(C(=O)C2CC(C)(O)C2)C3)ccc1C1CC1. The fourth-order valence-corrected chi connectivity index (χ4v) is 5.97. The summed E-state index contributed by atoms with van der Waals surface area (Å²) in [6.45, 7) is 6.03. The van der Waals surface area contributed by atoms with Gasteiger partial charge in [-0.1, -0.05) is 18.2 Å². The first-order valence-corrected chi connectivity index (χ1v) is 10.4. The molecule has 0 bridgehead atoms. The highest BCUT2D eigenvalue weighted by atomic mass is 16.3. The van der Waals surface area contributed by atoms with Crippen molar-refractivity contribution in [3.63, 3.8) is 0 Å². The van der Waals surface area contributed by atoms with Crippen LogP contribution in [0.5, 0.6) is 0 Å². The van der Waals surface area contributed by atoms with Crippen molar-refractivity contribution >= 4 is 5.91 Å². The topological polar surface area (TPSA) is 40.5 Å². The van der Waals surface area contributed by atoms with Crippen molar-refractivity contribution in [1.29, 1.82) is 0 Å². The lowest BCUT2D eigenvalue weighted by Crippen LogP contribution is -2.66. The molecular formula is C23H31NO2. The van der Waals surface area contributed by atoms with Gasteiger partial charge in [0.15, 0.2) is 0 Å². The molecule has 1 saturated heterocycles. The Morgan fingerprint density at radius 2 is 1.88 bits per heavy atom. The molecule has 0 unspecified atom stereocenters. The average Bonchev–Trinajstić information content (AvgIpc) is 3.30. The van der Waals surface area contributed by atoms with Crippen LogP contribution in [-0.4, -0.2) is 34.6 Å². The predicted molar refractivity (Wildman–Crippen MR) is 102 cm³/mol. The fourth-order valence-electron chi connectivity index (χ4n) is 5.97. The molecule has 0 atom stereocenters. The van der Waals surface area contributed by atoms with Crippen LogP contribution < -0.4 is 0 Å². The Bertz CT molecular complexity index is 727. The first-order chi connectivity index (χ1) is 12.3. The molecule has 1 aliphatic heterocycles. The van der Waals surface area contributed by atoms with E-state index in [1.54, 1.807) is 5.56 Å². The number of nitrogens with zero attached hydrogens (tertiary/aromatic N) is 1. The molecule has 4 fully saturated rings. The van der Waals surface area contributed by atoms with Crippen LogP contribution in [0.2, 0.25) is 0 Å². The van der Waals surface area contributed by atoms with Crippen molar-refractivity contribution in [2.45, 2.75) is 70.3 Å². The average molecular weight is 354 g/mol. The maximum absolute atomic E-state index is 12.4. The second-order valence-corrected chi connectivity index (χ2v) is 10.2. The van der Waals surface area contributed by atoms with Gasteiger partial charge in [0.05, 0.1) is 5.60 Å². The molecule has 0 aromatic heterocycles. The van der Waals surface area contributed by atoms with Gasteiger partial charge in [0.25, 0.3) is 0 Å². The van der Waals surface area contributed by atoms with Crippen LogP contribution in [-0.2, 0) is 11.2 Å². The molecular weight excluding hydrogens is 322 g/mol. The van der Waals surface area contributed by atoms with E-state index in [1.165, 1.54) is 43.2 Å². The van der Waals surface area contributed by atoms with Gasteiger partial charge in [-0.15, -0.1) is 0 Å². The summed E-state index contributed by atoms with van der Waals surface area (Å²) in [5, 5.41) is 9.84. The minimum absolute atomic E-state index is 0.0752. The first kappa shape index (κ1) is 16.8. The molecule has 3 saturated carbocycles. The van der Waals surface area contributed by atoms with Crippen LogP contribution in [0.4, 0.5) is 0 Å². The van der Waals surface area contributed by atoms with Gasteiger partial charge in [0, 0.05) is 24.4 Å². The Morgan fingerprint density at radius 3 is 2.46 bits per heavy atom. The maximum atomic E-state index is 12.4. The highest BCUT2D eigenvalue weighted by Gasteiger charge is 2.55. The Kier molecular flexibility index (Phi) is 3.60. The summed E-state index contributed by atoms with van der Waals surface area (Å²) in [7, 11) is 0. The van der Waals surface area contributed by atoms with Gasteiger partial charge in [0.1, 0.15) is 0 Å². The molecule has 1 N–H and O–H groups in total. The lowest BCUT2D eigenvalue weighted by Gasteiger charge is -2.60. The highest BCUT2D eigenvalue weighted by Crippen LogP contribution is 2.54.